The van der Waals surface area contributed by atoms with Crippen LogP contribution in [0, 0.1) is 0 Å². The largest absolute Gasteiger partial charge is 0.490 e. The molecule has 0 unspecified atom stereocenters. The van der Waals surface area contributed by atoms with Crippen molar-refractivity contribution < 1.29 is 42.2 Å². The lowest BCUT2D eigenvalue weighted by Crippen LogP contribution is -2.39. The summed E-state index contributed by atoms with van der Waals surface area (Å²) < 4.78 is 36.9. The van der Waals surface area contributed by atoms with Crippen molar-refractivity contribution in [3.05, 3.63) is 99.6 Å². The predicted octanol–water partition coefficient (Wildman–Crippen LogP) is 5.03. The number of carboxylic acid groups (broad SMARTS) is 1. The summed E-state index contributed by atoms with van der Waals surface area (Å²) in [7, 11) is 2.02. The Morgan fingerprint density at radius 3 is 2.17 bits per heavy atom. The van der Waals surface area contributed by atoms with Crippen molar-refractivity contribution in [1.29, 1.82) is 0 Å². The molecular formula is C32H30ClF3N4O6. The van der Waals surface area contributed by atoms with E-state index in [0.29, 0.717) is 21.8 Å². The average Bonchev–Trinajstić information content (AvgIpc) is 3.39. The monoisotopic (exact) mass is 658 g/mol. The molecule has 0 fully saturated rings. The van der Waals surface area contributed by atoms with Crippen molar-refractivity contribution in [3.8, 4) is 0 Å². The number of hydrogen-bond donors (Lipinski definition) is 1. The van der Waals surface area contributed by atoms with E-state index in [-0.39, 0.29) is 38.1 Å². The van der Waals surface area contributed by atoms with Crippen LogP contribution in [0.4, 0.5) is 18.9 Å². The van der Waals surface area contributed by atoms with Gasteiger partial charge in [-0.05, 0) is 54.4 Å². The van der Waals surface area contributed by atoms with Gasteiger partial charge in [0.05, 0.1) is 25.3 Å². The van der Waals surface area contributed by atoms with Gasteiger partial charge in [0.25, 0.3) is 5.91 Å². The lowest BCUT2D eigenvalue weighted by molar-refractivity contribution is -0.192. The van der Waals surface area contributed by atoms with Crippen molar-refractivity contribution in [2.45, 2.75) is 26.2 Å². The number of amidine groups is 1. The molecule has 242 valence electrons. The number of ether oxygens (including phenoxy) is 1. The van der Waals surface area contributed by atoms with E-state index in [9.17, 15) is 27.6 Å². The van der Waals surface area contributed by atoms with Crippen LogP contribution >= 0.6 is 11.6 Å². The van der Waals surface area contributed by atoms with E-state index < -0.39 is 18.1 Å². The van der Waals surface area contributed by atoms with Gasteiger partial charge in [-0.2, -0.15) is 13.2 Å². The Bertz CT molecular complexity index is 1640. The summed E-state index contributed by atoms with van der Waals surface area (Å²) in [5, 5.41) is 7.65. The minimum Gasteiger partial charge on any atom is -0.475 e. The molecule has 1 N–H and O–H groups in total. The summed E-state index contributed by atoms with van der Waals surface area (Å²) in [5.41, 5.74) is 4.07. The van der Waals surface area contributed by atoms with Gasteiger partial charge in [0.15, 0.2) is 0 Å². The molecule has 14 heteroatoms. The molecule has 2 aliphatic heterocycles. The van der Waals surface area contributed by atoms with Crippen molar-refractivity contribution in [2.75, 3.05) is 38.2 Å². The highest BCUT2D eigenvalue weighted by Crippen LogP contribution is 2.30. The van der Waals surface area contributed by atoms with E-state index >= 15 is 0 Å². The third-order valence-corrected chi connectivity index (χ3v) is 7.36. The van der Waals surface area contributed by atoms with Gasteiger partial charge in [0.2, 0.25) is 5.91 Å². The highest BCUT2D eigenvalue weighted by atomic mass is 35.5. The van der Waals surface area contributed by atoms with Crippen LogP contribution in [0.25, 0.3) is 0 Å². The van der Waals surface area contributed by atoms with E-state index in [2.05, 4.69) is 9.89 Å². The Kier molecular flexibility index (Phi) is 10.7. The summed E-state index contributed by atoms with van der Waals surface area (Å²) in [4.78, 5) is 58.3. The fraction of sp³-hybridized carbons (Fsp3) is 0.281. The van der Waals surface area contributed by atoms with E-state index in [1.807, 2.05) is 31.3 Å². The zero-order valence-electron chi connectivity index (χ0n) is 24.9. The first kappa shape index (κ1) is 34.0. The Morgan fingerprint density at radius 1 is 0.978 bits per heavy atom. The molecule has 0 saturated heterocycles. The molecule has 2 amide bonds. The number of carbonyl (C=O) groups excluding carboxylic acids is 3. The molecule has 0 aromatic heterocycles. The normalized spacial score (nSPS) is 14.5. The quantitative estimate of drug-likeness (QED) is 0.369. The standard InChI is InChI=1S/C30H29ClN4O4.C2HF3O2/c1-3-39-30(38)23-8-9-24-18-34(29(37)22-10-12-25(31)13-11-22)19-27(36)35(26(24)16-23)17-20-4-6-21(7-5-20)28-32-14-15-33(28)2;3-2(4,5)1(6)7/h4-13,16H,3,14-15,17-19H2,1-2H3;(H,6,7). The maximum Gasteiger partial charge on any atom is 0.490 e. The van der Waals surface area contributed by atoms with Gasteiger partial charge in [-0.1, -0.05) is 41.9 Å². The first-order chi connectivity index (χ1) is 21.8. The lowest BCUT2D eigenvalue weighted by Gasteiger charge is -2.24. The molecule has 0 aliphatic carbocycles. The van der Waals surface area contributed by atoms with Gasteiger partial charge in [-0.15, -0.1) is 0 Å². The zero-order valence-corrected chi connectivity index (χ0v) is 25.6. The molecule has 10 nitrogen and oxygen atoms in total. The molecule has 3 aromatic carbocycles. The molecule has 2 heterocycles. The van der Waals surface area contributed by atoms with Gasteiger partial charge in [-0.3, -0.25) is 14.6 Å². The van der Waals surface area contributed by atoms with E-state index in [1.165, 1.54) is 4.90 Å². The fourth-order valence-corrected chi connectivity index (χ4v) is 4.94. The van der Waals surface area contributed by atoms with Crippen LogP contribution in [0.2, 0.25) is 5.02 Å². The number of aliphatic imine (C=N–C) groups is 1. The second-order valence-corrected chi connectivity index (χ2v) is 10.8. The number of likely N-dealkylation sites (N-methyl/N-ethyl adjacent to an activating group) is 1. The van der Waals surface area contributed by atoms with Crippen molar-refractivity contribution in [3.63, 3.8) is 0 Å². The number of carboxylic acids is 1. The maximum absolute atomic E-state index is 13.7. The minimum atomic E-state index is -5.08. The Morgan fingerprint density at radius 2 is 1.61 bits per heavy atom. The second-order valence-electron chi connectivity index (χ2n) is 10.3. The van der Waals surface area contributed by atoms with E-state index in [0.717, 1.165) is 35.6 Å². The first-order valence-corrected chi connectivity index (χ1v) is 14.5. The van der Waals surface area contributed by atoms with Gasteiger partial charge in [0, 0.05) is 42.0 Å². The number of alkyl halides is 3. The number of nitrogens with zero attached hydrogens (tertiary/aromatic N) is 4. The Hall–Kier alpha value is -4.91. The number of carbonyl (C=O) groups is 4. The molecule has 46 heavy (non-hydrogen) atoms. The maximum atomic E-state index is 13.7. The van der Waals surface area contributed by atoms with Crippen LogP contribution in [0.1, 0.15) is 44.3 Å². The van der Waals surface area contributed by atoms with Crippen LogP contribution in [0.3, 0.4) is 0 Å². The molecule has 0 radical (unpaired) electrons. The van der Waals surface area contributed by atoms with Crippen LogP contribution in [0.15, 0.2) is 71.7 Å². The number of aliphatic carboxylic acids is 1. The third-order valence-electron chi connectivity index (χ3n) is 7.11. The van der Waals surface area contributed by atoms with Crippen molar-refractivity contribution in [1.82, 2.24) is 9.80 Å². The molecule has 0 bridgehead atoms. The Labute approximate surface area is 267 Å². The average molecular weight is 659 g/mol. The van der Waals surface area contributed by atoms with Crippen LogP contribution in [0.5, 0.6) is 0 Å². The predicted molar refractivity (Wildman–Crippen MR) is 164 cm³/mol. The number of esters is 1. The number of benzene rings is 3. The summed E-state index contributed by atoms with van der Waals surface area (Å²) in [5.74, 6) is -2.79. The number of hydrogen-bond acceptors (Lipinski definition) is 7. The van der Waals surface area contributed by atoms with Crippen molar-refractivity contribution >= 4 is 46.9 Å². The second kappa shape index (κ2) is 14.5. The topological polar surface area (TPSA) is 120 Å². The van der Waals surface area contributed by atoms with Crippen LogP contribution in [-0.2, 0) is 27.4 Å². The summed E-state index contributed by atoms with van der Waals surface area (Å²) in [6.07, 6.45) is -5.08. The Balaban J connectivity index is 0.000000617. The highest BCUT2D eigenvalue weighted by Gasteiger charge is 2.38. The summed E-state index contributed by atoms with van der Waals surface area (Å²) in [6, 6.07) is 19.7. The first-order valence-electron chi connectivity index (χ1n) is 14.1. The minimum absolute atomic E-state index is 0.107. The molecule has 5 rings (SSSR count). The molecular weight excluding hydrogens is 629 g/mol. The number of rotatable bonds is 6. The van der Waals surface area contributed by atoms with E-state index in [4.69, 9.17) is 26.2 Å². The van der Waals surface area contributed by atoms with Gasteiger partial charge in [-0.25, -0.2) is 9.59 Å². The SMILES string of the molecule is CCOC(=O)c1ccc2c(c1)N(Cc1ccc(C3=NCCN3C)cc1)C(=O)CN(C(=O)c1ccc(Cl)cc1)C2.O=C(O)C(F)(F)F. The molecule has 3 aromatic rings. The highest BCUT2D eigenvalue weighted by molar-refractivity contribution is 6.30. The fourth-order valence-electron chi connectivity index (χ4n) is 4.81. The molecule has 0 spiro atoms. The van der Waals surface area contributed by atoms with Gasteiger partial charge < -0.3 is 24.5 Å². The number of anilines is 1. The van der Waals surface area contributed by atoms with Gasteiger partial charge >= 0.3 is 18.1 Å². The number of fused-ring (bicyclic) bond motifs is 1. The summed E-state index contributed by atoms with van der Waals surface area (Å²) >= 11 is 6.00. The van der Waals surface area contributed by atoms with Crippen LogP contribution < -0.4 is 4.90 Å². The molecule has 2 aliphatic rings. The number of halogens is 4. The molecule has 0 saturated carbocycles. The summed E-state index contributed by atoms with van der Waals surface area (Å²) in [6.45, 7) is 4.05. The van der Waals surface area contributed by atoms with E-state index in [1.54, 1.807) is 54.3 Å². The third kappa shape index (κ3) is 8.21. The number of amides is 2. The van der Waals surface area contributed by atoms with Gasteiger partial charge in [0.1, 0.15) is 12.4 Å². The lowest BCUT2D eigenvalue weighted by atomic mass is 10.1. The van der Waals surface area contributed by atoms with Crippen LogP contribution in [-0.4, -0.2) is 84.0 Å². The smallest absolute Gasteiger partial charge is 0.475 e. The molecule has 0 atom stereocenters. The van der Waals surface area contributed by atoms with Crippen molar-refractivity contribution in [2.24, 2.45) is 4.99 Å². The zero-order chi connectivity index (χ0) is 33.6.